The third kappa shape index (κ3) is 3.02. The number of nitrogens with zero attached hydrogens (tertiary/aromatic N) is 2. The molecule has 2 heterocycles. The molecule has 0 aromatic heterocycles. The van der Waals surface area contributed by atoms with E-state index in [-0.39, 0.29) is 11.6 Å². The molecule has 2 aromatic carbocycles. The molecule has 2 aromatic rings. The van der Waals surface area contributed by atoms with Crippen molar-refractivity contribution in [2.24, 2.45) is 5.29 Å². The lowest BCUT2D eigenvalue weighted by Gasteiger charge is -2.30. The summed E-state index contributed by atoms with van der Waals surface area (Å²) >= 11 is 0. The van der Waals surface area contributed by atoms with Crippen LogP contribution in [0.5, 0.6) is 11.5 Å². The summed E-state index contributed by atoms with van der Waals surface area (Å²) in [6.07, 6.45) is 2.73. The zero-order valence-corrected chi connectivity index (χ0v) is 15.3. The molecule has 0 N–H and O–H groups in total. The van der Waals surface area contributed by atoms with Gasteiger partial charge in [0.05, 0.1) is 23.5 Å². The first kappa shape index (κ1) is 16.9. The topological polar surface area (TPSA) is 51.1 Å². The zero-order chi connectivity index (χ0) is 18.1. The lowest BCUT2D eigenvalue weighted by atomic mass is 10.00. The Kier molecular flexibility index (Phi) is 4.31. The minimum absolute atomic E-state index is 0.00697. The van der Waals surface area contributed by atoms with E-state index in [1.165, 1.54) is 0 Å². The third-order valence-electron chi connectivity index (χ3n) is 5.43. The highest BCUT2D eigenvalue weighted by Crippen LogP contribution is 2.46. The Hall–Kier alpha value is -2.56. The van der Waals surface area contributed by atoms with E-state index in [0.29, 0.717) is 13.2 Å². The number of nitroso groups, excluding NO2 is 1. The van der Waals surface area contributed by atoms with Crippen molar-refractivity contribution in [2.75, 3.05) is 6.61 Å². The summed E-state index contributed by atoms with van der Waals surface area (Å²) in [5.74, 6) is 1.60. The van der Waals surface area contributed by atoms with Gasteiger partial charge in [-0.25, -0.2) is 5.01 Å². The van der Waals surface area contributed by atoms with Gasteiger partial charge >= 0.3 is 0 Å². The van der Waals surface area contributed by atoms with E-state index in [9.17, 15) is 4.91 Å². The Bertz CT molecular complexity index is 804. The van der Waals surface area contributed by atoms with Gasteiger partial charge in [0.1, 0.15) is 6.61 Å². The summed E-state index contributed by atoms with van der Waals surface area (Å²) < 4.78 is 11.9. The van der Waals surface area contributed by atoms with E-state index in [1.54, 1.807) is 5.01 Å². The normalized spacial score (nSPS) is 20.5. The standard InChI is InChI=1S/C21H24N2O3/c1-21(2)10-8-18(23(21)22-24)17-12-16-9-11-25-20(16)19(13-17)26-14-15-6-4-3-5-7-15/h3-7,12-13,18H,8-11,14H2,1-2H3. The molecule has 0 radical (unpaired) electrons. The predicted molar refractivity (Wildman–Crippen MR) is 100 cm³/mol. The maximum absolute atomic E-state index is 11.5. The van der Waals surface area contributed by atoms with Crippen LogP contribution in [0.3, 0.4) is 0 Å². The molecule has 26 heavy (non-hydrogen) atoms. The molecular weight excluding hydrogens is 328 g/mol. The second kappa shape index (κ2) is 6.63. The summed E-state index contributed by atoms with van der Waals surface area (Å²) in [5.41, 5.74) is 3.14. The lowest BCUT2D eigenvalue weighted by Crippen LogP contribution is -2.34. The Morgan fingerprint density at radius 2 is 2.08 bits per heavy atom. The summed E-state index contributed by atoms with van der Waals surface area (Å²) in [6, 6.07) is 14.3. The molecule has 0 aliphatic carbocycles. The Morgan fingerprint density at radius 3 is 2.85 bits per heavy atom. The van der Waals surface area contributed by atoms with Crippen molar-refractivity contribution in [1.82, 2.24) is 5.01 Å². The number of benzene rings is 2. The second-order valence-corrected chi connectivity index (χ2v) is 7.67. The van der Waals surface area contributed by atoms with Crippen LogP contribution in [-0.2, 0) is 13.0 Å². The maximum Gasteiger partial charge on any atom is 0.164 e. The van der Waals surface area contributed by atoms with Gasteiger partial charge in [0.25, 0.3) is 0 Å². The van der Waals surface area contributed by atoms with Gasteiger partial charge in [-0.3, -0.25) is 0 Å². The highest BCUT2D eigenvalue weighted by Gasteiger charge is 2.41. The van der Waals surface area contributed by atoms with Crippen LogP contribution in [0.4, 0.5) is 0 Å². The van der Waals surface area contributed by atoms with Crippen LogP contribution in [-0.4, -0.2) is 17.2 Å². The van der Waals surface area contributed by atoms with Gasteiger partial charge < -0.3 is 9.47 Å². The van der Waals surface area contributed by atoms with Crippen molar-refractivity contribution in [3.63, 3.8) is 0 Å². The molecule has 136 valence electrons. The molecular formula is C21H24N2O3. The molecule has 1 atom stereocenters. The van der Waals surface area contributed by atoms with Crippen LogP contribution in [0, 0.1) is 4.91 Å². The molecule has 0 saturated carbocycles. The lowest BCUT2D eigenvalue weighted by molar-refractivity contribution is 0.132. The minimum atomic E-state index is -0.215. The third-order valence-corrected chi connectivity index (χ3v) is 5.43. The first-order valence-electron chi connectivity index (χ1n) is 9.17. The van der Waals surface area contributed by atoms with Crippen molar-refractivity contribution in [3.05, 3.63) is 64.1 Å². The van der Waals surface area contributed by atoms with E-state index < -0.39 is 0 Å². The molecule has 0 bridgehead atoms. The molecule has 1 fully saturated rings. The summed E-state index contributed by atoms with van der Waals surface area (Å²) in [7, 11) is 0. The number of fused-ring (bicyclic) bond motifs is 1. The van der Waals surface area contributed by atoms with Gasteiger partial charge in [0.15, 0.2) is 11.5 Å². The number of hydrogen-bond donors (Lipinski definition) is 0. The second-order valence-electron chi connectivity index (χ2n) is 7.67. The van der Waals surface area contributed by atoms with E-state index in [4.69, 9.17) is 9.47 Å². The van der Waals surface area contributed by atoms with Gasteiger partial charge in [0, 0.05) is 12.0 Å². The fourth-order valence-electron chi connectivity index (χ4n) is 3.95. The van der Waals surface area contributed by atoms with Crippen molar-refractivity contribution in [1.29, 1.82) is 0 Å². The number of rotatable bonds is 5. The monoisotopic (exact) mass is 352 g/mol. The van der Waals surface area contributed by atoms with Gasteiger partial charge in [-0.1, -0.05) is 30.3 Å². The summed E-state index contributed by atoms with van der Waals surface area (Å²) in [5, 5.41) is 5.03. The van der Waals surface area contributed by atoms with Gasteiger partial charge in [-0.15, -0.1) is 4.91 Å². The van der Waals surface area contributed by atoms with Crippen LogP contribution < -0.4 is 9.47 Å². The molecule has 1 unspecified atom stereocenters. The molecule has 2 aliphatic rings. The first-order valence-corrected chi connectivity index (χ1v) is 9.17. The van der Waals surface area contributed by atoms with E-state index >= 15 is 0 Å². The first-order chi connectivity index (χ1) is 12.6. The molecule has 5 nitrogen and oxygen atoms in total. The predicted octanol–water partition coefficient (Wildman–Crippen LogP) is 4.80. The van der Waals surface area contributed by atoms with E-state index in [2.05, 4.69) is 25.2 Å². The van der Waals surface area contributed by atoms with Crippen LogP contribution in [0.2, 0.25) is 0 Å². The Balaban J connectivity index is 1.64. The molecule has 5 heteroatoms. The molecule has 2 aliphatic heterocycles. The average molecular weight is 352 g/mol. The van der Waals surface area contributed by atoms with Crippen molar-refractivity contribution in [2.45, 2.75) is 51.3 Å². The average Bonchev–Trinajstić information content (AvgIpc) is 3.23. The highest BCUT2D eigenvalue weighted by atomic mass is 16.5. The number of hydrogen-bond acceptors (Lipinski definition) is 4. The maximum atomic E-state index is 11.5. The van der Waals surface area contributed by atoms with Gasteiger partial charge in [0.2, 0.25) is 0 Å². The minimum Gasteiger partial charge on any atom is -0.489 e. The Labute approximate surface area is 153 Å². The quantitative estimate of drug-likeness (QED) is 0.726. The fraction of sp³-hybridized carbons (Fsp3) is 0.429. The molecule has 0 spiro atoms. The van der Waals surface area contributed by atoms with E-state index in [1.807, 2.05) is 36.4 Å². The van der Waals surface area contributed by atoms with E-state index in [0.717, 1.165) is 47.5 Å². The number of ether oxygens (including phenoxy) is 2. The van der Waals surface area contributed by atoms with Crippen molar-refractivity contribution < 1.29 is 9.47 Å². The van der Waals surface area contributed by atoms with Gasteiger partial charge in [-0.2, -0.15) is 0 Å². The smallest absolute Gasteiger partial charge is 0.164 e. The molecule has 4 rings (SSSR count). The fourth-order valence-corrected chi connectivity index (χ4v) is 3.95. The molecule has 1 saturated heterocycles. The van der Waals surface area contributed by atoms with Crippen molar-refractivity contribution in [3.8, 4) is 11.5 Å². The zero-order valence-electron chi connectivity index (χ0n) is 15.3. The van der Waals surface area contributed by atoms with Crippen LogP contribution in [0.15, 0.2) is 47.8 Å². The largest absolute Gasteiger partial charge is 0.489 e. The van der Waals surface area contributed by atoms with Crippen LogP contribution in [0.25, 0.3) is 0 Å². The van der Waals surface area contributed by atoms with Crippen LogP contribution >= 0.6 is 0 Å². The highest BCUT2D eigenvalue weighted by molar-refractivity contribution is 5.52. The van der Waals surface area contributed by atoms with Crippen molar-refractivity contribution >= 4 is 0 Å². The van der Waals surface area contributed by atoms with Gasteiger partial charge in [-0.05, 0) is 49.9 Å². The Morgan fingerprint density at radius 1 is 1.27 bits per heavy atom. The SMILES string of the molecule is CC1(C)CCC(c2cc3c(c(OCc4ccccc4)c2)OCC3)N1N=O. The molecule has 0 amide bonds. The summed E-state index contributed by atoms with van der Waals surface area (Å²) in [4.78, 5) is 11.5. The van der Waals surface area contributed by atoms with Crippen LogP contribution in [0.1, 0.15) is 49.4 Å². The summed E-state index contributed by atoms with van der Waals surface area (Å²) in [6.45, 7) is 5.30.